The molecule has 5 heteroatoms. The average Bonchev–Trinajstić information content (AvgIpc) is 2.77. The first-order valence-electron chi connectivity index (χ1n) is 6.69. The molecule has 0 saturated carbocycles. The molecule has 0 aliphatic heterocycles. The fourth-order valence-electron chi connectivity index (χ4n) is 1.92. The number of rotatable bonds is 6. The van der Waals surface area contributed by atoms with E-state index >= 15 is 0 Å². The highest BCUT2D eigenvalue weighted by atomic mass is 16.4. The van der Waals surface area contributed by atoms with Gasteiger partial charge in [-0.15, -0.1) is 5.10 Å². The van der Waals surface area contributed by atoms with Gasteiger partial charge in [0, 0.05) is 30.3 Å². The Hall–Kier alpha value is -1.91. The van der Waals surface area contributed by atoms with Crippen molar-refractivity contribution in [3.05, 3.63) is 35.5 Å². The number of pyridine rings is 1. The Morgan fingerprint density at radius 1 is 1.32 bits per heavy atom. The molecule has 0 amide bonds. The molecule has 0 radical (unpaired) electrons. The van der Waals surface area contributed by atoms with Crippen molar-refractivity contribution in [3.8, 4) is 0 Å². The van der Waals surface area contributed by atoms with Crippen LogP contribution in [0.3, 0.4) is 0 Å². The SMILES string of the molecule is CCCc1nnc(N[C@H](C)Cc2cccc(C)n2)o1. The molecule has 0 unspecified atom stereocenters. The zero-order valence-electron chi connectivity index (χ0n) is 11.7. The second-order valence-corrected chi connectivity index (χ2v) is 4.77. The van der Waals surface area contributed by atoms with Crippen molar-refractivity contribution in [1.82, 2.24) is 15.2 Å². The van der Waals surface area contributed by atoms with Gasteiger partial charge in [-0.2, -0.15) is 0 Å². The molecule has 0 fully saturated rings. The van der Waals surface area contributed by atoms with Crippen LogP contribution in [-0.2, 0) is 12.8 Å². The van der Waals surface area contributed by atoms with Gasteiger partial charge in [0.1, 0.15) is 0 Å². The van der Waals surface area contributed by atoms with E-state index in [-0.39, 0.29) is 6.04 Å². The van der Waals surface area contributed by atoms with Gasteiger partial charge in [-0.1, -0.05) is 18.1 Å². The minimum absolute atomic E-state index is 0.198. The largest absolute Gasteiger partial charge is 0.408 e. The van der Waals surface area contributed by atoms with Crippen molar-refractivity contribution in [1.29, 1.82) is 0 Å². The van der Waals surface area contributed by atoms with Crippen LogP contribution >= 0.6 is 0 Å². The molecule has 0 aliphatic rings. The molecule has 0 aromatic carbocycles. The summed E-state index contributed by atoms with van der Waals surface area (Å²) < 4.78 is 5.50. The standard InChI is InChI=1S/C14H20N4O/c1-4-6-13-17-18-14(19-13)16-11(3)9-12-8-5-7-10(2)15-12/h5,7-8,11H,4,6,9H2,1-3H3,(H,16,18)/t11-/m1/s1. The molecule has 2 heterocycles. The van der Waals surface area contributed by atoms with Crippen molar-refractivity contribution in [2.24, 2.45) is 0 Å². The van der Waals surface area contributed by atoms with E-state index in [1.165, 1.54) is 0 Å². The molecule has 2 aromatic rings. The molecule has 19 heavy (non-hydrogen) atoms. The quantitative estimate of drug-likeness (QED) is 0.865. The molecular formula is C14H20N4O. The zero-order chi connectivity index (χ0) is 13.7. The number of aryl methyl sites for hydroxylation is 2. The summed E-state index contributed by atoms with van der Waals surface area (Å²) in [5.74, 6) is 0.686. The highest BCUT2D eigenvalue weighted by Gasteiger charge is 2.10. The molecular weight excluding hydrogens is 240 g/mol. The van der Waals surface area contributed by atoms with E-state index < -0.39 is 0 Å². The van der Waals surface area contributed by atoms with Crippen LogP contribution in [-0.4, -0.2) is 21.2 Å². The Balaban J connectivity index is 1.91. The monoisotopic (exact) mass is 260 g/mol. The maximum atomic E-state index is 5.50. The van der Waals surface area contributed by atoms with E-state index in [2.05, 4.69) is 34.3 Å². The summed E-state index contributed by atoms with van der Waals surface area (Å²) in [6.45, 7) is 6.16. The molecule has 1 atom stereocenters. The van der Waals surface area contributed by atoms with Crippen LogP contribution in [0.15, 0.2) is 22.6 Å². The van der Waals surface area contributed by atoms with E-state index in [0.717, 1.165) is 30.7 Å². The topological polar surface area (TPSA) is 63.8 Å². The molecule has 0 spiro atoms. The van der Waals surface area contributed by atoms with E-state index in [1.54, 1.807) is 0 Å². The lowest BCUT2D eigenvalue weighted by Gasteiger charge is -2.11. The second-order valence-electron chi connectivity index (χ2n) is 4.77. The first kappa shape index (κ1) is 13.5. The van der Waals surface area contributed by atoms with Crippen LogP contribution in [0.4, 0.5) is 6.01 Å². The molecule has 0 saturated heterocycles. The number of nitrogens with zero attached hydrogens (tertiary/aromatic N) is 3. The molecule has 5 nitrogen and oxygen atoms in total. The van der Waals surface area contributed by atoms with Gasteiger partial charge in [0.15, 0.2) is 0 Å². The summed E-state index contributed by atoms with van der Waals surface area (Å²) >= 11 is 0. The van der Waals surface area contributed by atoms with E-state index in [9.17, 15) is 0 Å². The summed E-state index contributed by atoms with van der Waals surface area (Å²) in [6, 6.07) is 6.74. The minimum Gasteiger partial charge on any atom is -0.408 e. The lowest BCUT2D eigenvalue weighted by atomic mass is 10.1. The Labute approximate surface area is 113 Å². The maximum absolute atomic E-state index is 5.50. The number of aromatic nitrogens is 3. The van der Waals surface area contributed by atoms with Crippen molar-refractivity contribution in [2.75, 3.05) is 5.32 Å². The second kappa shape index (κ2) is 6.31. The summed E-state index contributed by atoms with van der Waals surface area (Å²) in [5, 5.41) is 11.2. The van der Waals surface area contributed by atoms with Crippen molar-refractivity contribution < 1.29 is 4.42 Å². The molecule has 1 N–H and O–H groups in total. The molecule has 2 aromatic heterocycles. The van der Waals surface area contributed by atoms with E-state index in [1.807, 2.05) is 25.1 Å². The van der Waals surface area contributed by atoms with Gasteiger partial charge in [-0.3, -0.25) is 4.98 Å². The van der Waals surface area contributed by atoms with Gasteiger partial charge < -0.3 is 9.73 Å². The Kier molecular flexibility index (Phi) is 4.49. The highest BCUT2D eigenvalue weighted by Crippen LogP contribution is 2.10. The van der Waals surface area contributed by atoms with Crippen molar-refractivity contribution in [3.63, 3.8) is 0 Å². The summed E-state index contributed by atoms with van der Waals surface area (Å²) in [6.07, 6.45) is 2.65. The Morgan fingerprint density at radius 3 is 2.89 bits per heavy atom. The van der Waals surface area contributed by atoms with Crippen LogP contribution in [0.2, 0.25) is 0 Å². The number of nitrogens with one attached hydrogen (secondary N) is 1. The van der Waals surface area contributed by atoms with E-state index in [4.69, 9.17) is 4.42 Å². The van der Waals surface area contributed by atoms with Crippen LogP contribution in [0.25, 0.3) is 0 Å². The number of anilines is 1. The van der Waals surface area contributed by atoms with Crippen molar-refractivity contribution in [2.45, 2.75) is 46.1 Å². The Morgan fingerprint density at radius 2 is 2.16 bits per heavy atom. The summed E-state index contributed by atoms with van der Waals surface area (Å²) in [5.41, 5.74) is 2.10. The predicted molar refractivity (Wildman–Crippen MR) is 74.1 cm³/mol. The third-order valence-electron chi connectivity index (χ3n) is 2.76. The Bertz CT molecular complexity index is 524. The lowest BCUT2D eigenvalue weighted by Crippen LogP contribution is -2.19. The number of hydrogen-bond acceptors (Lipinski definition) is 5. The van der Waals surface area contributed by atoms with Gasteiger partial charge in [0.05, 0.1) is 0 Å². The lowest BCUT2D eigenvalue weighted by molar-refractivity contribution is 0.496. The van der Waals surface area contributed by atoms with Gasteiger partial charge in [0.25, 0.3) is 0 Å². The number of hydrogen-bond donors (Lipinski definition) is 1. The van der Waals surface area contributed by atoms with Crippen LogP contribution < -0.4 is 5.32 Å². The third-order valence-corrected chi connectivity index (χ3v) is 2.76. The fourth-order valence-corrected chi connectivity index (χ4v) is 1.92. The minimum atomic E-state index is 0.198. The zero-order valence-corrected chi connectivity index (χ0v) is 11.7. The first-order valence-corrected chi connectivity index (χ1v) is 6.69. The highest BCUT2D eigenvalue weighted by molar-refractivity contribution is 5.21. The molecule has 2 rings (SSSR count). The predicted octanol–water partition coefficient (Wildman–Crippen LogP) is 2.77. The first-order chi connectivity index (χ1) is 9.17. The van der Waals surface area contributed by atoms with Gasteiger partial charge in [0.2, 0.25) is 5.89 Å². The van der Waals surface area contributed by atoms with Gasteiger partial charge in [-0.05, 0) is 32.4 Å². The molecule has 102 valence electrons. The maximum Gasteiger partial charge on any atom is 0.315 e. The normalized spacial score (nSPS) is 12.4. The van der Waals surface area contributed by atoms with E-state index in [0.29, 0.717) is 11.9 Å². The molecule has 0 bridgehead atoms. The van der Waals surface area contributed by atoms with Crippen LogP contribution in [0.5, 0.6) is 0 Å². The van der Waals surface area contributed by atoms with Crippen LogP contribution in [0, 0.1) is 6.92 Å². The van der Waals surface area contributed by atoms with Gasteiger partial charge in [-0.25, -0.2) is 0 Å². The smallest absolute Gasteiger partial charge is 0.315 e. The van der Waals surface area contributed by atoms with Crippen molar-refractivity contribution >= 4 is 6.01 Å². The molecule has 0 aliphatic carbocycles. The summed E-state index contributed by atoms with van der Waals surface area (Å²) in [4.78, 5) is 4.48. The summed E-state index contributed by atoms with van der Waals surface area (Å²) in [7, 11) is 0. The van der Waals surface area contributed by atoms with Gasteiger partial charge >= 0.3 is 6.01 Å². The average molecular weight is 260 g/mol. The third kappa shape index (κ3) is 4.05. The van der Waals surface area contributed by atoms with Crippen LogP contribution in [0.1, 0.15) is 37.5 Å². The fraction of sp³-hybridized carbons (Fsp3) is 0.500.